The van der Waals surface area contributed by atoms with E-state index in [1.165, 1.54) is 12.1 Å². The van der Waals surface area contributed by atoms with Crippen LogP contribution < -0.4 is 14.8 Å². The van der Waals surface area contributed by atoms with Gasteiger partial charge in [-0.3, -0.25) is 0 Å². The van der Waals surface area contributed by atoms with Crippen molar-refractivity contribution in [3.05, 3.63) is 66.0 Å². The summed E-state index contributed by atoms with van der Waals surface area (Å²) >= 11 is 0. The van der Waals surface area contributed by atoms with Gasteiger partial charge in [0.05, 0.1) is 14.2 Å². The number of benzene rings is 3. The van der Waals surface area contributed by atoms with E-state index in [1.54, 1.807) is 20.3 Å². The first-order valence-corrected chi connectivity index (χ1v) is 8.24. The molecule has 0 unspecified atom stereocenters. The predicted octanol–water partition coefficient (Wildman–Crippen LogP) is 5.35. The third-order valence-electron chi connectivity index (χ3n) is 4.40. The Morgan fingerprint density at radius 3 is 2.42 bits per heavy atom. The molecule has 5 heteroatoms. The lowest BCUT2D eigenvalue weighted by Gasteiger charge is -2.12. The molecule has 0 aliphatic rings. The molecule has 0 aliphatic carbocycles. The Morgan fingerprint density at radius 2 is 1.65 bits per heavy atom. The van der Waals surface area contributed by atoms with Crippen LogP contribution in [-0.2, 0) is 6.54 Å². The van der Waals surface area contributed by atoms with Crippen LogP contribution in [0.4, 0.5) is 10.1 Å². The zero-order chi connectivity index (χ0) is 18.1. The van der Waals surface area contributed by atoms with E-state index in [4.69, 9.17) is 13.9 Å². The lowest BCUT2D eigenvalue weighted by atomic mass is 10.1. The van der Waals surface area contributed by atoms with Crippen molar-refractivity contribution in [1.82, 2.24) is 0 Å². The van der Waals surface area contributed by atoms with Gasteiger partial charge in [-0.05, 0) is 54.6 Å². The standard InChI is InChI=1S/C21H18FNO3/c1-24-16-5-8-19(25-2)13(9-16)12-23-15-4-7-21-18(11-15)17-10-14(22)3-6-20(17)26-21/h3-11,23H,12H2,1-2H3. The fourth-order valence-corrected chi connectivity index (χ4v) is 3.08. The molecular formula is C21H18FNO3. The summed E-state index contributed by atoms with van der Waals surface area (Å²) in [5, 5.41) is 5.02. The molecule has 0 bridgehead atoms. The van der Waals surface area contributed by atoms with Crippen molar-refractivity contribution < 1.29 is 18.3 Å². The number of rotatable bonds is 5. The van der Waals surface area contributed by atoms with Gasteiger partial charge in [0, 0.05) is 28.6 Å². The molecule has 0 saturated heterocycles. The Hall–Kier alpha value is -3.21. The topological polar surface area (TPSA) is 43.6 Å². The highest BCUT2D eigenvalue weighted by atomic mass is 19.1. The molecule has 3 aromatic carbocycles. The molecule has 0 atom stereocenters. The molecule has 1 heterocycles. The molecule has 4 aromatic rings. The van der Waals surface area contributed by atoms with Crippen molar-refractivity contribution >= 4 is 27.6 Å². The number of fused-ring (bicyclic) bond motifs is 3. The number of anilines is 1. The maximum atomic E-state index is 13.6. The summed E-state index contributed by atoms with van der Waals surface area (Å²) in [6, 6.07) is 16.0. The second-order valence-corrected chi connectivity index (χ2v) is 5.98. The summed E-state index contributed by atoms with van der Waals surface area (Å²) in [5.74, 6) is 1.28. The summed E-state index contributed by atoms with van der Waals surface area (Å²) < 4.78 is 30.0. The van der Waals surface area contributed by atoms with Gasteiger partial charge >= 0.3 is 0 Å². The smallest absolute Gasteiger partial charge is 0.135 e. The van der Waals surface area contributed by atoms with Crippen molar-refractivity contribution in [3.8, 4) is 11.5 Å². The van der Waals surface area contributed by atoms with Crippen LogP contribution in [0.1, 0.15) is 5.56 Å². The lowest BCUT2D eigenvalue weighted by molar-refractivity contribution is 0.399. The van der Waals surface area contributed by atoms with Crippen LogP contribution in [0.3, 0.4) is 0 Å². The number of hydrogen-bond donors (Lipinski definition) is 1. The number of furan rings is 1. The van der Waals surface area contributed by atoms with E-state index in [1.807, 2.05) is 36.4 Å². The van der Waals surface area contributed by atoms with Gasteiger partial charge in [-0.2, -0.15) is 0 Å². The van der Waals surface area contributed by atoms with Crippen molar-refractivity contribution in [2.75, 3.05) is 19.5 Å². The van der Waals surface area contributed by atoms with Crippen LogP contribution in [0, 0.1) is 5.82 Å². The highest BCUT2D eigenvalue weighted by Crippen LogP contribution is 2.32. The monoisotopic (exact) mass is 351 g/mol. The normalized spacial score (nSPS) is 11.0. The van der Waals surface area contributed by atoms with E-state index in [0.717, 1.165) is 39.1 Å². The minimum Gasteiger partial charge on any atom is -0.497 e. The van der Waals surface area contributed by atoms with E-state index in [-0.39, 0.29) is 5.82 Å². The zero-order valence-corrected chi connectivity index (χ0v) is 14.5. The van der Waals surface area contributed by atoms with Gasteiger partial charge in [0.15, 0.2) is 0 Å². The van der Waals surface area contributed by atoms with E-state index < -0.39 is 0 Å². The van der Waals surface area contributed by atoms with Crippen LogP contribution in [0.15, 0.2) is 59.0 Å². The summed E-state index contributed by atoms with van der Waals surface area (Å²) in [7, 11) is 3.28. The van der Waals surface area contributed by atoms with Gasteiger partial charge in [-0.1, -0.05) is 0 Å². The summed E-state index contributed by atoms with van der Waals surface area (Å²) in [6.07, 6.45) is 0. The van der Waals surface area contributed by atoms with Gasteiger partial charge in [0.1, 0.15) is 28.5 Å². The minimum atomic E-state index is -0.278. The summed E-state index contributed by atoms with van der Waals surface area (Å²) in [5.41, 5.74) is 3.30. The first-order valence-electron chi connectivity index (χ1n) is 8.24. The van der Waals surface area contributed by atoms with Crippen molar-refractivity contribution in [3.63, 3.8) is 0 Å². The fourth-order valence-electron chi connectivity index (χ4n) is 3.08. The molecule has 0 saturated carbocycles. The molecule has 0 amide bonds. The zero-order valence-electron chi connectivity index (χ0n) is 14.5. The molecule has 26 heavy (non-hydrogen) atoms. The quantitative estimate of drug-likeness (QED) is 0.526. The first-order chi connectivity index (χ1) is 12.7. The fraction of sp³-hybridized carbons (Fsp3) is 0.143. The minimum absolute atomic E-state index is 0.278. The first kappa shape index (κ1) is 16.3. The molecular weight excluding hydrogens is 333 g/mol. The van der Waals surface area contributed by atoms with Gasteiger partial charge in [0.2, 0.25) is 0 Å². The number of hydrogen-bond acceptors (Lipinski definition) is 4. The van der Waals surface area contributed by atoms with Gasteiger partial charge in [-0.25, -0.2) is 4.39 Å². The average molecular weight is 351 g/mol. The Morgan fingerprint density at radius 1 is 0.885 bits per heavy atom. The van der Waals surface area contributed by atoms with Crippen molar-refractivity contribution in [2.24, 2.45) is 0 Å². The van der Waals surface area contributed by atoms with E-state index in [0.29, 0.717) is 12.1 Å². The molecule has 4 rings (SSSR count). The Balaban J connectivity index is 1.65. The molecule has 132 valence electrons. The van der Waals surface area contributed by atoms with Gasteiger partial charge in [0.25, 0.3) is 0 Å². The van der Waals surface area contributed by atoms with Crippen molar-refractivity contribution in [1.29, 1.82) is 0 Å². The Bertz CT molecular complexity index is 1090. The predicted molar refractivity (Wildman–Crippen MR) is 101 cm³/mol. The number of ether oxygens (including phenoxy) is 2. The highest BCUT2D eigenvalue weighted by molar-refractivity contribution is 6.05. The van der Waals surface area contributed by atoms with Crippen LogP contribution in [0.2, 0.25) is 0 Å². The molecule has 1 aromatic heterocycles. The second kappa shape index (κ2) is 6.59. The molecule has 0 aliphatic heterocycles. The number of halogens is 1. The number of methoxy groups -OCH3 is 2. The lowest BCUT2D eigenvalue weighted by Crippen LogP contribution is -2.02. The summed E-state index contributed by atoms with van der Waals surface area (Å²) in [6.45, 7) is 0.566. The van der Waals surface area contributed by atoms with Gasteiger partial charge in [-0.15, -0.1) is 0 Å². The van der Waals surface area contributed by atoms with Crippen LogP contribution >= 0.6 is 0 Å². The largest absolute Gasteiger partial charge is 0.497 e. The van der Waals surface area contributed by atoms with E-state index >= 15 is 0 Å². The SMILES string of the molecule is COc1ccc(OC)c(CNc2ccc3oc4ccc(F)cc4c3c2)c1. The highest BCUT2D eigenvalue weighted by Gasteiger charge is 2.10. The molecule has 0 spiro atoms. The third kappa shape index (κ3) is 2.92. The maximum absolute atomic E-state index is 13.6. The maximum Gasteiger partial charge on any atom is 0.135 e. The van der Waals surface area contributed by atoms with Crippen LogP contribution in [-0.4, -0.2) is 14.2 Å². The Kier molecular flexibility index (Phi) is 4.13. The Labute approximate surface area is 150 Å². The molecule has 0 radical (unpaired) electrons. The summed E-state index contributed by atoms with van der Waals surface area (Å²) in [4.78, 5) is 0. The third-order valence-corrected chi connectivity index (χ3v) is 4.40. The van der Waals surface area contributed by atoms with Crippen molar-refractivity contribution in [2.45, 2.75) is 6.54 Å². The average Bonchev–Trinajstić information content (AvgIpc) is 3.03. The van der Waals surface area contributed by atoms with E-state index in [9.17, 15) is 4.39 Å². The van der Waals surface area contributed by atoms with Crippen LogP contribution in [0.25, 0.3) is 21.9 Å². The molecule has 4 nitrogen and oxygen atoms in total. The van der Waals surface area contributed by atoms with Crippen LogP contribution in [0.5, 0.6) is 11.5 Å². The number of nitrogens with one attached hydrogen (secondary N) is 1. The molecule has 0 fully saturated rings. The van der Waals surface area contributed by atoms with E-state index in [2.05, 4.69) is 5.32 Å². The molecule has 1 N–H and O–H groups in total. The second-order valence-electron chi connectivity index (χ2n) is 5.98. The van der Waals surface area contributed by atoms with Gasteiger partial charge < -0.3 is 19.2 Å².